The van der Waals surface area contributed by atoms with Gasteiger partial charge in [0.25, 0.3) is 0 Å². The predicted octanol–water partition coefficient (Wildman–Crippen LogP) is 1.92. The fraction of sp³-hybridized carbons (Fsp3) is 0.462. The SMILES string of the molecule is CC(N)C(=O)NC1CCCOc2c(F)cccc21.Cl. The molecular formula is C13H18ClFN2O2. The van der Waals surface area contributed by atoms with Gasteiger partial charge >= 0.3 is 0 Å². The lowest BCUT2D eigenvalue weighted by Crippen LogP contribution is -2.40. The van der Waals surface area contributed by atoms with E-state index in [2.05, 4.69) is 5.32 Å². The van der Waals surface area contributed by atoms with Crippen molar-refractivity contribution in [2.24, 2.45) is 5.73 Å². The monoisotopic (exact) mass is 288 g/mol. The Morgan fingerprint density at radius 3 is 3.00 bits per heavy atom. The summed E-state index contributed by atoms with van der Waals surface area (Å²) in [5.41, 5.74) is 6.21. The normalized spacial score (nSPS) is 19.2. The van der Waals surface area contributed by atoms with E-state index in [9.17, 15) is 9.18 Å². The highest BCUT2D eigenvalue weighted by molar-refractivity contribution is 5.85. The Labute approximate surface area is 117 Å². The molecule has 0 fully saturated rings. The maximum Gasteiger partial charge on any atom is 0.237 e. The minimum Gasteiger partial charge on any atom is -0.490 e. The molecule has 1 heterocycles. The van der Waals surface area contributed by atoms with Gasteiger partial charge in [-0.3, -0.25) is 4.79 Å². The van der Waals surface area contributed by atoms with E-state index < -0.39 is 11.9 Å². The highest BCUT2D eigenvalue weighted by Crippen LogP contribution is 2.33. The first-order chi connectivity index (χ1) is 8.59. The van der Waals surface area contributed by atoms with E-state index in [1.165, 1.54) is 6.07 Å². The summed E-state index contributed by atoms with van der Waals surface area (Å²) in [7, 11) is 0. The van der Waals surface area contributed by atoms with Crippen LogP contribution in [0.25, 0.3) is 0 Å². The molecule has 1 aliphatic heterocycles. The number of amides is 1. The van der Waals surface area contributed by atoms with Crippen LogP contribution in [-0.2, 0) is 4.79 Å². The number of rotatable bonds is 2. The van der Waals surface area contributed by atoms with Crippen LogP contribution >= 0.6 is 12.4 Å². The first kappa shape index (κ1) is 15.7. The maximum absolute atomic E-state index is 13.7. The van der Waals surface area contributed by atoms with Crippen LogP contribution in [0.1, 0.15) is 31.4 Å². The molecule has 0 bridgehead atoms. The van der Waals surface area contributed by atoms with Gasteiger partial charge in [-0.05, 0) is 25.8 Å². The van der Waals surface area contributed by atoms with Crippen molar-refractivity contribution >= 4 is 18.3 Å². The molecule has 1 amide bonds. The van der Waals surface area contributed by atoms with Crippen LogP contribution in [0.2, 0.25) is 0 Å². The Kier molecular flexibility index (Phi) is 5.57. The molecule has 2 unspecified atom stereocenters. The lowest BCUT2D eigenvalue weighted by Gasteiger charge is -2.19. The van der Waals surface area contributed by atoms with Gasteiger partial charge in [-0.1, -0.05) is 12.1 Å². The van der Waals surface area contributed by atoms with E-state index in [-0.39, 0.29) is 30.1 Å². The van der Waals surface area contributed by atoms with Crippen molar-refractivity contribution in [1.82, 2.24) is 5.32 Å². The van der Waals surface area contributed by atoms with Crippen molar-refractivity contribution in [2.45, 2.75) is 31.8 Å². The summed E-state index contributed by atoms with van der Waals surface area (Å²) in [6.07, 6.45) is 1.48. The second-order valence-electron chi connectivity index (χ2n) is 4.50. The molecule has 2 atom stereocenters. The smallest absolute Gasteiger partial charge is 0.237 e. The second-order valence-corrected chi connectivity index (χ2v) is 4.50. The summed E-state index contributed by atoms with van der Waals surface area (Å²) in [5, 5.41) is 2.83. The Bertz CT molecular complexity index is 454. The van der Waals surface area contributed by atoms with Gasteiger partial charge in [0.05, 0.1) is 18.7 Å². The molecule has 0 saturated carbocycles. The number of para-hydroxylation sites is 1. The average Bonchev–Trinajstić information content (AvgIpc) is 2.53. The van der Waals surface area contributed by atoms with Gasteiger partial charge < -0.3 is 15.8 Å². The molecule has 0 spiro atoms. The van der Waals surface area contributed by atoms with Gasteiger partial charge in [0, 0.05) is 5.56 Å². The number of ether oxygens (including phenoxy) is 1. The first-order valence-electron chi connectivity index (χ1n) is 6.06. The molecule has 1 aromatic carbocycles. The van der Waals surface area contributed by atoms with Crippen LogP contribution in [-0.4, -0.2) is 18.6 Å². The van der Waals surface area contributed by atoms with Crippen LogP contribution in [0.5, 0.6) is 5.75 Å². The van der Waals surface area contributed by atoms with E-state index >= 15 is 0 Å². The molecule has 1 aromatic rings. The summed E-state index contributed by atoms with van der Waals surface area (Å²) >= 11 is 0. The molecule has 19 heavy (non-hydrogen) atoms. The molecule has 0 aromatic heterocycles. The summed E-state index contributed by atoms with van der Waals surface area (Å²) in [6, 6.07) is 3.93. The molecule has 0 aliphatic carbocycles. The summed E-state index contributed by atoms with van der Waals surface area (Å²) in [4.78, 5) is 11.6. The largest absolute Gasteiger partial charge is 0.490 e. The maximum atomic E-state index is 13.7. The van der Waals surface area contributed by atoms with E-state index in [1.54, 1.807) is 19.1 Å². The molecule has 106 valence electrons. The number of carbonyl (C=O) groups is 1. The van der Waals surface area contributed by atoms with Gasteiger partial charge in [0.1, 0.15) is 0 Å². The highest BCUT2D eigenvalue weighted by Gasteiger charge is 2.24. The fourth-order valence-corrected chi connectivity index (χ4v) is 2.02. The number of benzene rings is 1. The third-order valence-electron chi connectivity index (χ3n) is 2.99. The number of carbonyl (C=O) groups excluding carboxylic acids is 1. The number of nitrogens with two attached hydrogens (primary N) is 1. The molecule has 4 nitrogen and oxygen atoms in total. The van der Waals surface area contributed by atoms with Gasteiger partial charge in [0.2, 0.25) is 5.91 Å². The molecule has 1 aliphatic rings. The Hall–Kier alpha value is -1.33. The Balaban J connectivity index is 0.00000180. The van der Waals surface area contributed by atoms with Gasteiger partial charge in [-0.15, -0.1) is 12.4 Å². The van der Waals surface area contributed by atoms with Crippen LogP contribution in [0.15, 0.2) is 18.2 Å². The van der Waals surface area contributed by atoms with Gasteiger partial charge in [-0.2, -0.15) is 0 Å². The van der Waals surface area contributed by atoms with E-state index in [0.29, 0.717) is 12.2 Å². The van der Waals surface area contributed by atoms with Gasteiger partial charge in [0.15, 0.2) is 11.6 Å². The lowest BCUT2D eigenvalue weighted by atomic mass is 10.0. The fourth-order valence-electron chi connectivity index (χ4n) is 2.02. The molecule has 3 N–H and O–H groups in total. The highest BCUT2D eigenvalue weighted by atomic mass is 35.5. The quantitative estimate of drug-likeness (QED) is 0.874. The van der Waals surface area contributed by atoms with Crippen molar-refractivity contribution in [3.05, 3.63) is 29.6 Å². The predicted molar refractivity (Wildman–Crippen MR) is 72.9 cm³/mol. The standard InChI is InChI=1S/C13H17FN2O2.ClH/c1-8(15)13(17)16-11-6-3-7-18-12-9(11)4-2-5-10(12)14;/h2,4-5,8,11H,3,6-7,15H2,1H3,(H,16,17);1H. The zero-order chi connectivity index (χ0) is 13.1. The summed E-state index contributed by atoms with van der Waals surface area (Å²) < 4.78 is 19.1. The topological polar surface area (TPSA) is 64.4 Å². The first-order valence-corrected chi connectivity index (χ1v) is 6.06. The third kappa shape index (κ3) is 3.58. The summed E-state index contributed by atoms with van der Waals surface area (Å²) in [6.45, 7) is 2.08. The number of fused-ring (bicyclic) bond motifs is 1. The van der Waals surface area contributed by atoms with E-state index in [0.717, 1.165) is 12.8 Å². The van der Waals surface area contributed by atoms with Crippen LogP contribution in [0.4, 0.5) is 4.39 Å². The lowest BCUT2D eigenvalue weighted by molar-refractivity contribution is -0.122. The number of halogens is 2. The minimum absolute atomic E-state index is 0. The van der Waals surface area contributed by atoms with Crippen LogP contribution in [0.3, 0.4) is 0 Å². The van der Waals surface area contributed by atoms with Crippen molar-refractivity contribution in [3.63, 3.8) is 0 Å². The zero-order valence-corrected chi connectivity index (χ0v) is 11.5. The molecule has 0 saturated heterocycles. The van der Waals surface area contributed by atoms with E-state index in [4.69, 9.17) is 10.5 Å². The Morgan fingerprint density at radius 1 is 1.58 bits per heavy atom. The zero-order valence-electron chi connectivity index (χ0n) is 10.7. The summed E-state index contributed by atoms with van der Waals surface area (Å²) in [5.74, 6) is -0.392. The van der Waals surface area contributed by atoms with E-state index in [1.807, 2.05) is 0 Å². The number of nitrogens with one attached hydrogen (secondary N) is 1. The Morgan fingerprint density at radius 2 is 2.32 bits per heavy atom. The minimum atomic E-state index is -0.578. The molecule has 2 rings (SSSR count). The average molecular weight is 289 g/mol. The van der Waals surface area contributed by atoms with Crippen molar-refractivity contribution in [2.75, 3.05) is 6.61 Å². The molecular weight excluding hydrogens is 271 g/mol. The third-order valence-corrected chi connectivity index (χ3v) is 2.99. The van der Waals surface area contributed by atoms with Crippen molar-refractivity contribution in [1.29, 1.82) is 0 Å². The van der Waals surface area contributed by atoms with Crippen molar-refractivity contribution in [3.8, 4) is 5.75 Å². The van der Waals surface area contributed by atoms with Crippen molar-refractivity contribution < 1.29 is 13.9 Å². The van der Waals surface area contributed by atoms with Gasteiger partial charge in [-0.25, -0.2) is 4.39 Å². The number of hydrogen-bond acceptors (Lipinski definition) is 3. The van der Waals surface area contributed by atoms with Crippen LogP contribution < -0.4 is 15.8 Å². The molecule has 0 radical (unpaired) electrons. The number of hydrogen-bond donors (Lipinski definition) is 2. The van der Waals surface area contributed by atoms with Crippen LogP contribution in [0, 0.1) is 5.82 Å². The second kappa shape index (κ2) is 6.73. The molecule has 6 heteroatoms.